The van der Waals surface area contributed by atoms with E-state index in [1.54, 1.807) is 0 Å². The minimum Gasteiger partial charge on any atom is -0.390 e. The van der Waals surface area contributed by atoms with Crippen molar-refractivity contribution < 1.29 is 13.9 Å². The zero-order valence-corrected chi connectivity index (χ0v) is 7.26. The summed E-state index contributed by atoms with van der Waals surface area (Å²) in [7, 11) is 0. The molecule has 0 spiro atoms. The van der Waals surface area contributed by atoms with Crippen molar-refractivity contribution in [3.05, 3.63) is 33.2 Å². The molecule has 78 valence electrons. The number of hydrogen-bond acceptors (Lipinski definition) is 3. The van der Waals surface area contributed by atoms with Crippen LogP contribution in [-0.2, 0) is 13.2 Å². The molecule has 1 aromatic rings. The molecule has 0 amide bonds. The molecule has 0 aliphatic heterocycles. The monoisotopic (exact) mass is 204 g/mol. The van der Waals surface area contributed by atoms with Gasteiger partial charge in [-0.1, -0.05) is 0 Å². The first-order valence-corrected chi connectivity index (χ1v) is 3.94. The van der Waals surface area contributed by atoms with Gasteiger partial charge in [0.15, 0.2) is 5.43 Å². The van der Waals surface area contributed by atoms with E-state index in [4.69, 9.17) is 10.8 Å². The number of nitrogens with two attached hydrogens (primary N) is 1. The minimum atomic E-state index is -2.90. The molecule has 0 aliphatic rings. The van der Waals surface area contributed by atoms with Crippen LogP contribution in [0.3, 0.4) is 0 Å². The Balaban J connectivity index is 3.35. The Morgan fingerprint density at radius 3 is 2.64 bits per heavy atom. The molecule has 1 aromatic heterocycles. The summed E-state index contributed by atoms with van der Waals surface area (Å²) >= 11 is 0. The maximum absolute atomic E-state index is 12.3. The molecule has 0 aromatic carbocycles. The van der Waals surface area contributed by atoms with Crippen LogP contribution in [0.15, 0.2) is 10.9 Å². The van der Waals surface area contributed by atoms with Crippen molar-refractivity contribution in [2.45, 2.75) is 19.6 Å². The van der Waals surface area contributed by atoms with Gasteiger partial charge in [0.2, 0.25) is 0 Å². The first-order valence-electron chi connectivity index (χ1n) is 3.94. The van der Waals surface area contributed by atoms with Crippen LogP contribution in [0.2, 0.25) is 0 Å². The number of H-pyrrole nitrogens is 1. The number of alkyl halides is 2. The third-order valence-electron chi connectivity index (χ3n) is 1.80. The molecule has 1 rings (SSSR count). The maximum Gasteiger partial charge on any atom is 0.269 e. The molecule has 0 radical (unpaired) electrons. The van der Waals surface area contributed by atoms with Gasteiger partial charge in [-0.2, -0.15) is 0 Å². The van der Waals surface area contributed by atoms with Gasteiger partial charge >= 0.3 is 0 Å². The lowest BCUT2D eigenvalue weighted by atomic mass is 10.1. The second-order valence-electron chi connectivity index (χ2n) is 2.71. The molecule has 0 atom stereocenters. The van der Waals surface area contributed by atoms with Crippen molar-refractivity contribution in [3.63, 3.8) is 0 Å². The quantitative estimate of drug-likeness (QED) is 0.660. The van der Waals surface area contributed by atoms with Gasteiger partial charge in [-0.05, 0) is 0 Å². The Labute approximate surface area is 78.4 Å². The molecule has 0 saturated heterocycles. The fraction of sp³-hybridized carbons (Fsp3) is 0.375. The highest BCUT2D eigenvalue weighted by Gasteiger charge is 2.17. The summed E-state index contributed by atoms with van der Waals surface area (Å²) in [6.07, 6.45) is -2.90. The van der Waals surface area contributed by atoms with Crippen molar-refractivity contribution >= 4 is 0 Å². The van der Waals surface area contributed by atoms with Crippen LogP contribution in [0.25, 0.3) is 0 Å². The molecule has 0 bridgehead atoms. The predicted molar refractivity (Wildman–Crippen MR) is 45.8 cm³/mol. The molecule has 6 heteroatoms. The largest absolute Gasteiger partial charge is 0.390 e. The van der Waals surface area contributed by atoms with Crippen LogP contribution in [0.4, 0.5) is 8.78 Å². The number of rotatable bonds is 3. The molecule has 14 heavy (non-hydrogen) atoms. The lowest BCUT2D eigenvalue weighted by molar-refractivity contribution is 0.144. The van der Waals surface area contributed by atoms with Gasteiger partial charge in [0.1, 0.15) is 0 Å². The minimum absolute atomic E-state index is 0.0335. The normalized spacial score (nSPS) is 10.9. The third kappa shape index (κ3) is 1.97. The molecule has 4 N–H and O–H groups in total. The topological polar surface area (TPSA) is 79.1 Å². The lowest BCUT2D eigenvalue weighted by Crippen LogP contribution is -2.17. The number of aliphatic hydroxyl groups is 1. The number of aromatic amines is 1. The first-order chi connectivity index (χ1) is 6.60. The molecule has 0 aliphatic carbocycles. The first kappa shape index (κ1) is 10.8. The van der Waals surface area contributed by atoms with Gasteiger partial charge in [0.05, 0.1) is 17.9 Å². The Kier molecular flexibility index (Phi) is 3.32. The molecule has 0 fully saturated rings. The summed E-state index contributed by atoms with van der Waals surface area (Å²) in [5.41, 5.74) is 3.89. The average molecular weight is 204 g/mol. The summed E-state index contributed by atoms with van der Waals surface area (Å²) in [5.74, 6) is 0. The van der Waals surface area contributed by atoms with E-state index in [-0.39, 0.29) is 12.2 Å². The Morgan fingerprint density at radius 2 is 2.21 bits per heavy atom. The van der Waals surface area contributed by atoms with E-state index < -0.39 is 24.0 Å². The van der Waals surface area contributed by atoms with Gasteiger partial charge in [-0.3, -0.25) is 4.79 Å². The van der Waals surface area contributed by atoms with Gasteiger partial charge in [-0.15, -0.1) is 0 Å². The Hall–Kier alpha value is -1.27. The number of hydrogen-bond donors (Lipinski definition) is 3. The lowest BCUT2D eigenvalue weighted by Gasteiger charge is -2.07. The van der Waals surface area contributed by atoms with E-state index in [0.717, 1.165) is 6.07 Å². The summed E-state index contributed by atoms with van der Waals surface area (Å²) in [4.78, 5) is 13.6. The van der Waals surface area contributed by atoms with Crippen molar-refractivity contribution in [1.29, 1.82) is 0 Å². The average Bonchev–Trinajstić information content (AvgIpc) is 2.15. The highest BCUT2D eigenvalue weighted by Crippen LogP contribution is 2.18. The van der Waals surface area contributed by atoms with E-state index in [1.807, 2.05) is 0 Å². The van der Waals surface area contributed by atoms with Crippen LogP contribution in [0.5, 0.6) is 0 Å². The van der Waals surface area contributed by atoms with Crippen LogP contribution in [-0.4, -0.2) is 10.1 Å². The van der Waals surface area contributed by atoms with Gasteiger partial charge in [0, 0.05) is 18.3 Å². The van der Waals surface area contributed by atoms with E-state index >= 15 is 0 Å². The van der Waals surface area contributed by atoms with E-state index in [2.05, 4.69) is 4.98 Å². The highest BCUT2D eigenvalue weighted by molar-refractivity contribution is 5.24. The number of nitrogens with one attached hydrogen (secondary N) is 1. The second-order valence-corrected chi connectivity index (χ2v) is 2.71. The fourth-order valence-corrected chi connectivity index (χ4v) is 1.16. The molecular formula is C8H10F2N2O2. The molecular weight excluding hydrogens is 194 g/mol. The zero-order chi connectivity index (χ0) is 10.7. The third-order valence-corrected chi connectivity index (χ3v) is 1.80. The Bertz CT molecular complexity index is 376. The summed E-state index contributed by atoms with van der Waals surface area (Å²) in [6.45, 7) is -0.603. The summed E-state index contributed by atoms with van der Waals surface area (Å²) in [5, 5.41) is 8.77. The van der Waals surface area contributed by atoms with E-state index in [0.29, 0.717) is 5.69 Å². The van der Waals surface area contributed by atoms with E-state index in [1.165, 1.54) is 0 Å². The Morgan fingerprint density at radius 1 is 1.57 bits per heavy atom. The zero-order valence-electron chi connectivity index (χ0n) is 7.26. The molecule has 0 saturated carbocycles. The smallest absolute Gasteiger partial charge is 0.269 e. The fourth-order valence-electron chi connectivity index (χ4n) is 1.16. The standard InChI is InChI=1S/C8H10F2N2O2/c9-8(10)7-5(3-13)12-4(2-11)1-6(7)14/h1,8,13H,2-3,11H2,(H,12,14). The summed E-state index contributed by atoms with van der Waals surface area (Å²) < 4.78 is 24.7. The van der Waals surface area contributed by atoms with Gasteiger partial charge < -0.3 is 15.8 Å². The van der Waals surface area contributed by atoms with Crippen LogP contribution in [0.1, 0.15) is 23.4 Å². The summed E-state index contributed by atoms with van der Waals surface area (Å²) in [6, 6.07) is 1.01. The number of pyridine rings is 1. The van der Waals surface area contributed by atoms with Crippen LogP contribution < -0.4 is 11.2 Å². The SMILES string of the molecule is NCc1cc(=O)c(C(F)F)c(CO)[nH]1. The van der Waals surface area contributed by atoms with Crippen LogP contribution in [0, 0.1) is 0 Å². The number of halogens is 2. The van der Waals surface area contributed by atoms with Crippen molar-refractivity contribution in [3.8, 4) is 0 Å². The van der Waals surface area contributed by atoms with Gasteiger partial charge in [0.25, 0.3) is 6.43 Å². The number of aliphatic hydroxyl groups excluding tert-OH is 1. The van der Waals surface area contributed by atoms with Gasteiger partial charge in [-0.25, -0.2) is 8.78 Å². The van der Waals surface area contributed by atoms with E-state index in [9.17, 15) is 13.6 Å². The molecule has 1 heterocycles. The van der Waals surface area contributed by atoms with Crippen LogP contribution >= 0.6 is 0 Å². The second kappa shape index (κ2) is 4.30. The van der Waals surface area contributed by atoms with Crippen molar-refractivity contribution in [1.82, 2.24) is 4.98 Å². The van der Waals surface area contributed by atoms with Crippen molar-refractivity contribution in [2.24, 2.45) is 5.73 Å². The van der Waals surface area contributed by atoms with Crippen molar-refractivity contribution in [2.75, 3.05) is 0 Å². The predicted octanol–water partition coefficient (Wildman–Crippen LogP) is 0.264. The maximum atomic E-state index is 12.3. The highest BCUT2D eigenvalue weighted by atomic mass is 19.3. The molecule has 0 unspecified atom stereocenters. The number of aromatic nitrogens is 1. The molecule has 4 nitrogen and oxygen atoms in total.